The van der Waals surface area contributed by atoms with E-state index in [4.69, 9.17) is 11.6 Å². The summed E-state index contributed by atoms with van der Waals surface area (Å²) in [4.78, 5) is 16.5. The number of aromatic nitrogens is 1. The fourth-order valence-electron chi connectivity index (χ4n) is 2.63. The van der Waals surface area contributed by atoms with Gasteiger partial charge in [0.1, 0.15) is 11.0 Å². The summed E-state index contributed by atoms with van der Waals surface area (Å²) in [5.41, 5.74) is 0.567. The van der Waals surface area contributed by atoms with Gasteiger partial charge >= 0.3 is 0 Å². The second-order valence-electron chi connectivity index (χ2n) is 5.15. The maximum absolute atomic E-state index is 12.3. The highest BCUT2D eigenvalue weighted by Crippen LogP contribution is 2.29. The predicted molar refractivity (Wildman–Crippen MR) is 90.4 cm³/mol. The smallest absolute Gasteiger partial charge is 0.251 e. The summed E-state index contributed by atoms with van der Waals surface area (Å²) in [6, 6.07) is 3.64. The van der Waals surface area contributed by atoms with Crippen LogP contribution >= 0.6 is 23.4 Å². The molecule has 1 aliphatic rings. The zero-order valence-corrected chi connectivity index (χ0v) is 14.1. The van der Waals surface area contributed by atoms with Crippen LogP contribution in [0.25, 0.3) is 0 Å². The molecule has 1 fully saturated rings. The van der Waals surface area contributed by atoms with Crippen molar-refractivity contribution in [3.63, 3.8) is 0 Å². The molecule has 2 rings (SSSR count). The van der Waals surface area contributed by atoms with E-state index in [1.807, 2.05) is 18.7 Å². The first-order valence-electron chi connectivity index (χ1n) is 7.46. The SMILES string of the molecule is CCNc1cc(C(=O)NC2CCC(SCC)C2)cc(Cl)n1. The second kappa shape index (κ2) is 7.90. The summed E-state index contributed by atoms with van der Waals surface area (Å²) in [7, 11) is 0. The molecule has 1 amide bonds. The van der Waals surface area contributed by atoms with Gasteiger partial charge in [0, 0.05) is 23.4 Å². The largest absolute Gasteiger partial charge is 0.370 e. The molecular weight excluding hydrogens is 306 g/mol. The predicted octanol–water partition coefficient (Wildman–Crippen LogP) is 3.57. The molecule has 1 aromatic rings. The van der Waals surface area contributed by atoms with Crippen molar-refractivity contribution < 1.29 is 4.79 Å². The van der Waals surface area contributed by atoms with Crippen LogP contribution in [0.1, 0.15) is 43.5 Å². The van der Waals surface area contributed by atoms with Crippen molar-refractivity contribution in [2.45, 2.75) is 44.4 Å². The third-order valence-electron chi connectivity index (χ3n) is 3.54. The van der Waals surface area contributed by atoms with Crippen LogP contribution in [0, 0.1) is 0 Å². The number of pyridine rings is 1. The Hall–Kier alpha value is -0.940. The van der Waals surface area contributed by atoms with Crippen LogP contribution in [-0.4, -0.2) is 34.5 Å². The molecule has 0 aromatic carbocycles. The first kappa shape index (κ1) is 16.4. The van der Waals surface area contributed by atoms with E-state index in [1.165, 1.54) is 6.42 Å². The minimum absolute atomic E-state index is 0.0643. The van der Waals surface area contributed by atoms with E-state index < -0.39 is 0 Å². The van der Waals surface area contributed by atoms with E-state index in [9.17, 15) is 4.79 Å². The number of thioether (sulfide) groups is 1. The number of carbonyl (C=O) groups excluding carboxylic acids is 1. The third-order valence-corrected chi connectivity index (χ3v) is 4.96. The lowest BCUT2D eigenvalue weighted by molar-refractivity contribution is 0.0938. The molecule has 1 aliphatic carbocycles. The summed E-state index contributed by atoms with van der Waals surface area (Å²) in [6.45, 7) is 4.90. The van der Waals surface area contributed by atoms with Crippen molar-refractivity contribution in [2.24, 2.45) is 0 Å². The molecule has 2 unspecified atom stereocenters. The number of carbonyl (C=O) groups is 1. The number of hydrogen-bond donors (Lipinski definition) is 2. The lowest BCUT2D eigenvalue weighted by Gasteiger charge is -2.14. The van der Waals surface area contributed by atoms with Gasteiger partial charge in [-0.2, -0.15) is 11.8 Å². The Labute approximate surface area is 135 Å². The van der Waals surface area contributed by atoms with Gasteiger partial charge < -0.3 is 10.6 Å². The van der Waals surface area contributed by atoms with Crippen molar-refractivity contribution in [1.82, 2.24) is 10.3 Å². The van der Waals surface area contributed by atoms with E-state index in [0.717, 1.165) is 25.1 Å². The Bertz CT molecular complexity index is 498. The maximum atomic E-state index is 12.3. The molecule has 0 bridgehead atoms. The summed E-state index contributed by atoms with van der Waals surface area (Å²) in [5.74, 6) is 1.71. The molecule has 2 N–H and O–H groups in total. The van der Waals surface area contributed by atoms with Crippen LogP contribution in [0.3, 0.4) is 0 Å². The van der Waals surface area contributed by atoms with Crippen molar-refractivity contribution >= 4 is 35.1 Å². The van der Waals surface area contributed by atoms with E-state index in [1.54, 1.807) is 12.1 Å². The van der Waals surface area contributed by atoms with Crippen molar-refractivity contribution in [3.8, 4) is 0 Å². The van der Waals surface area contributed by atoms with E-state index in [0.29, 0.717) is 21.8 Å². The first-order valence-corrected chi connectivity index (χ1v) is 8.89. The van der Waals surface area contributed by atoms with E-state index in [2.05, 4.69) is 22.5 Å². The van der Waals surface area contributed by atoms with E-state index >= 15 is 0 Å². The average molecular weight is 328 g/mol. The van der Waals surface area contributed by atoms with Crippen LogP contribution in [0.2, 0.25) is 5.15 Å². The summed E-state index contributed by atoms with van der Waals surface area (Å²) >= 11 is 7.96. The second-order valence-corrected chi connectivity index (χ2v) is 7.12. The highest BCUT2D eigenvalue weighted by atomic mass is 35.5. The molecule has 0 spiro atoms. The summed E-state index contributed by atoms with van der Waals surface area (Å²) in [5, 5.41) is 7.21. The molecule has 1 aromatic heterocycles. The number of hydrogen-bond acceptors (Lipinski definition) is 4. The number of nitrogens with one attached hydrogen (secondary N) is 2. The Morgan fingerprint density at radius 1 is 1.43 bits per heavy atom. The van der Waals surface area contributed by atoms with Gasteiger partial charge in [0.05, 0.1) is 0 Å². The Kier molecular flexibility index (Phi) is 6.18. The number of nitrogens with zero attached hydrogens (tertiary/aromatic N) is 1. The fourth-order valence-corrected chi connectivity index (χ4v) is 3.98. The van der Waals surface area contributed by atoms with Crippen LogP contribution in [0.15, 0.2) is 12.1 Å². The molecule has 0 aliphatic heterocycles. The standard InChI is InChI=1S/C15H22ClN3OS/c1-3-17-14-8-10(7-13(16)19-14)15(20)18-11-5-6-12(9-11)21-4-2/h7-8,11-12H,3-6,9H2,1-2H3,(H,17,19)(H,18,20). The number of amides is 1. The maximum Gasteiger partial charge on any atom is 0.251 e. The average Bonchev–Trinajstić information content (AvgIpc) is 2.86. The minimum atomic E-state index is -0.0643. The van der Waals surface area contributed by atoms with Crippen LogP contribution in [-0.2, 0) is 0 Å². The van der Waals surface area contributed by atoms with E-state index in [-0.39, 0.29) is 11.9 Å². The molecule has 1 saturated carbocycles. The molecule has 21 heavy (non-hydrogen) atoms. The minimum Gasteiger partial charge on any atom is -0.370 e. The molecule has 0 saturated heterocycles. The molecule has 0 radical (unpaired) electrons. The molecule has 1 heterocycles. The Morgan fingerprint density at radius 3 is 2.95 bits per heavy atom. The Morgan fingerprint density at radius 2 is 2.24 bits per heavy atom. The van der Waals surface area contributed by atoms with Crippen molar-refractivity contribution in [1.29, 1.82) is 0 Å². The highest BCUT2D eigenvalue weighted by molar-refractivity contribution is 7.99. The van der Waals surface area contributed by atoms with Gasteiger partial charge in [-0.25, -0.2) is 4.98 Å². The summed E-state index contributed by atoms with van der Waals surface area (Å²) in [6.07, 6.45) is 3.30. The van der Waals surface area contributed by atoms with Gasteiger partial charge in [-0.1, -0.05) is 18.5 Å². The zero-order valence-electron chi connectivity index (χ0n) is 12.5. The first-order chi connectivity index (χ1) is 10.1. The molecule has 2 atom stereocenters. The topological polar surface area (TPSA) is 54.0 Å². The van der Waals surface area contributed by atoms with Gasteiger partial charge in [-0.3, -0.25) is 4.79 Å². The Balaban J connectivity index is 1.97. The monoisotopic (exact) mass is 327 g/mol. The van der Waals surface area contributed by atoms with Crippen molar-refractivity contribution in [2.75, 3.05) is 17.6 Å². The lowest BCUT2D eigenvalue weighted by atomic mass is 10.2. The number of halogens is 1. The van der Waals surface area contributed by atoms with Gasteiger partial charge in [0.15, 0.2) is 0 Å². The third kappa shape index (κ3) is 4.78. The fraction of sp³-hybridized carbons (Fsp3) is 0.600. The molecule has 4 nitrogen and oxygen atoms in total. The lowest BCUT2D eigenvalue weighted by Crippen LogP contribution is -2.33. The number of anilines is 1. The van der Waals surface area contributed by atoms with Crippen LogP contribution in [0.4, 0.5) is 5.82 Å². The van der Waals surface area contributed by atoms with Gasteiger partial charge in [-0.15, -0.1) is 0 Å². The molecule has 6 heteroatoms. The summed E-state index contributed by atoms with van der Waals surface area (Å²) < 4.78 is 0. The molecule has 116 valence electrons. The van der Waals surface area contributed by atoms with Gasteiger partial charge in [0.2, 0.25) is 0 Å². The number of rotatable bonds is 6. The zero-order chi connectivity index (χ0) is 15.2. The highest BCUT2D eigenvalue weighted by Gasteiger charge is 2.26. The van der Waals surface area contributed by atoms with Gasteiger partial charge in [-0.05, 0) is 44.1 Å². The quantitative estimate of drug-likeness (QED) is 0.784. The van der Waals surface area contributed by atoms with Crippen LogP contribution in [0.5, 0.6) is 0 Å². The molecular formula is C15H22ClN3OS. The van der Waals surface area contributed by atoms with Gasteiger partial charge in [0.25, 0.3) is 5.91 Å². The van der Waals surface area contributed by atoms with Crippen molar-refractivity contribution in [3.05, 3.63) is 22.8 Å². The normalized spacial score (nSPS) is 21.3. The van der Waals surface area contributed by atoms with Crippen LogP contribution < -0.4 is 10.6 Å².